The van der Waals surface area contributed by atoms with E-state index in [9.17, 15) is 0 Å². The molecule has 0 atom stereocenters. The van der Waals surface area contributed by atoms with E-state index in [1.165, 1.54) is 0 Å². The second-order valence-electron chi connectivity index (χ2n) is 4.97. The molecule has 0 aliphatic heterocycles. The van der Waals surface area contributed by atoms with Crippen molar-refractivity contribution in [3.63, 3.8) is 0 Å². The molecule has 0 aliphatic carbocycles. The van der Waals surface area contributed by atoms with Gasteiger partial charge in [-0.2, -0.15) is 0 Å². The summed E-state index contributed by atoms with van der Waals surface area (Å²) in [5.74, 6) is 0. The summed E-state index contributed by atoms with van der Waals surface area (Å²) in [6, 6.07) is 0. The van der Waals surface area contributed by atoms with Crippen LogP contribution in [0.3, 0.4) is 0 Å². The molecule has 0 rings (SSSR count). The first-order valence-electron chi connectivity index (χ1n) is 4.22. The summed E-state index contributed by atoms with van der Waals surface area (Å²) in [5, 5.41) is 0. The molecular weight excluding hydrogens is 168 g/mol. The molecule has 0 radical (unpaired) electrons. The maximum Gasteiger partial charge on any atom is 0.0250 e. The van der Waals surface area contributed by atoms with Crippen molar-refractivity contribution in [2.24, 2.45) is 8.73 Å². The van der Waals surface area contributed by atoms with Gasteiger partial charge >= 0.3 is 0 Å². The largest absolute Gasteiger partial charge is 0.413 e. The van der Waals surface area contributed by atoms with Crippen molar-refractivity contribution < 1.29 is 0 Å². The normalized spacial score (nSPS) is 16.9. The Bertz CT molecular complexity index is 200. The van der Waals surface area contributed by atoms with Crippen LogP contribution in [0.1, 0.15) is 41.5 Å². The molecule has 3 heteroatoms. The second-order valence-corrected chi connectivity index (χ2v) is 6.23. The highest BCUT2D eigenvalue weighted by Crippen LogP contribution is 2.10. The summed E-state index contributed by atoms with van der Waals surface area (Å²) in [6.45, 7) is 12.6. The third-order valence-electron chi connectivity index (χ3n) is 0.812. The van der Waals surface area contributed by atoms with Gasteiger partial charge in [-0.3, -0.25) is 0 Å². The zero-order valence-electron chi connectivity index (χ0n) is 9.30. The van der Waals surface area contributed by atoms with Crippen molar-refractivity contribution in [2.45, 2.75) is 52.6 Å². The fourth-order valence-electron chi connectivity index (χ4n) is 0.813. The van der Waals surface area contributed by atoms with Gasteiger partial charge in [-0.25, -0.2) is 0 Å². The van der Waals surface area contributed by atoms with E-state index < -0.39 is 0 Å². The predicted octanol–water partition coefficient (Wildman–Crippen LogP) is 3.20. The topological polar surface area (TPSA) is 24.7 Å². The van der Waals surface area contributed by atoms with E-state index in [0.717, 1.165) is 0 Å². The Labute approximate surface area is 78.6 Å². The lowest BCUT2D eigenvalue weighted by atomic mass is 10.1. The molecule has 2 nitrogen and oxygen atoms in total. The van der Waals surface area contributed by atoms with Crippen molar-refractivity contribution in [1.82, 2.24) is 0 Å². The number of hydrogen-bond donors (Lipinski definition) is 0. The average Bonchev–Trinajstić information content (AvgIpc) is 1.49. The van der Waals surface area contributed by atoms with Crippen LogP contribution < -0.4 is 0 Å². The summed E-state index contributed by atoms with van der Waals surface area (Å²) in [5.41, 5.74) is 0.0687. The molecule has 0 unspecified atom stereocenters. The van der Waals surface area contributed by atoms with Gasteiger partial charge in [-0.1, -0.05) is 0 Å². The van der Waals surface area contributed by atoms with Crippen LogP contribution in [-0.4, -0.2) is 17.3 Å². The fourth-order valence-corrected chi connectivity index (χ4v) is 2.44. The molecule has 0 aliphatic rings. The fraction of sp³-hybridized carbons (Fsp3) is 1.00. The highest BCUT2D eigenvalue weighted by atomic mass is 32.2. The Morgan fingerprint density at radius 3 is 1.17 bits per heavy atom. The molecule has 12 heavy (non-hydrogen) atoms. The lowest BCUT2D eigenvalue weighted by Gasteiger charge is -2.23. The summed E-state index contributed by atoms with van der Waals surface area (Å²) >= 11 is 0. The van der Waals surface area contributed by atoms with Gasteiger partial charge in [0.2, 0.25) is 0 Å². The van der Waals surface area contributed by atoms with Gasteiger partial charge in [0.1, 0.15) is 0 Å². The van der Waals surface area contributed by atoms with Crippen LogP contribution in [0.2, 0.25) is 0 Å². The lowest BCUT2D eigenvalue weighted by Crippen LogP contribution is -2.12. The maximum atomic E-state index is 4.56. The average molecular weight is 189 g/mol. The Morgan fingerprint density at radius 1 is 0.750 bits per heavy atom. The Balaban J connectivity index is 4.71. The molecule has 0 heterocycles. The third kappa shape index (κ3) is 8.05. The Kier molecular flexibility index (Phi) is 3.76. The first-order chi connectivity index (χ1) is 5.10. The smallest absolute Gasteiger partial charge is 0.0250 e. The number of nitrogens with zero attached hydrogens (tertiary/aromatic N) is 2. The molecule has 0 fully saturated rings. The van der Waals surface area contributed by atoms with Gasteiger partial charge in [0.05, 0.1) is 0 Å². The van der Waals surface area contributed by atoms with Crippen LogP contribution in [0.25, 0.3) is 0 Å². The first-order valence-corrected chi connectivity index (χ1v) is 5.77. The molecule has 0 N–H and O–H groups in total. The predicted molar refractivity (Wildman–Crippen MR) is 57.7 cm³/mol. The van der Waals surface area contributed by atoms with E-state index in [2.05, 4.69) is 56.5 Å². The van der Waals surface area contributed by atoms with Crippen molar-refractivity contribution in [2.75, 3.05) is 6.26 Å². The summed E-state index contributed by atoms with van der Waals surface area (Å²) in [6.07, 6.45) is 2.07. The molecule has 0 aromatic rings. The van der Waals surface area contributed by atoms with Gasteiger partial charge in [0, 0.05) is 11.1 Å². The minimum Gasteiger partial charge on any atom is -0.413 e. The van der Waals surface area contributed by atoms with Gasteiger partial charge < -0.3 is 19.2 Å². The molecule has 0 spiro atoms. The molecule has 0 saturated heterocycles. The lowest BCUT2D eigenvalue weighted by molar-refractivity contribution is 0.582. The van der Waals surface area contributed by atoms with Crippen LogP contribution in [0, 0.1) is 0 Å². The van der Waals surface area contributed by atoms with Crippen LogP contribution in [0.15, 0.2) is 8.73 Å². The highest BCUT2D eigenvalue weighted by Gasteiger charge is 2.02. The SMILES string of the molecule is C[S-](=NC(C)(C)C)=NC(C)(C)C. The molecule has 0 aromatic carbocycles. The molecular formula is C9H21N2S-. The summed E-state index contributed by atoms with van der Waals surface area (Å²) in [7, 11) is -0.159. The zero-order chi connectivity index (χ0) is 9.99. The quantitative estimate of drug-likeness (QED) is 0.523. The molecule has 0 amide bonds. The van der Waals surface area contributed by atoms with E-state index in [4.69, 9.17) is 0 Å². The molecule has 74 valence electrons. The molecule has 0 bridgehead atoms. The van der Waals surface area contributed by atoms with Crippen molar-refractivity contribution >= 4 is 10.5 Å². The van der Waals surface area contributed by atoms with Crippen molar-refractivity contribution in [3.05, 3.63) is 0 Å². The van der Waals surface area contributed by atoms with Crippen LogP contribution in [0.4, 0.5) is 0 Å². The number of hydrogen-bond acceptors (Lipinski definition) is 3. The van der Waals surface area contributed by atoms with E-state index in [1.54, 1.807) is 0 Å². The monoisotopic (exact) mass is 189 g/mol. The van der Waals surface area contributed by atoms with Gasteiger partial charge in [-0.15, -0.1) is 6.26 Å². The van der Waals surface area contributed by atoms with E-state index in [-0.39, 0.29) is 21.6 Å². The van der Waals surface area contributed by atoms with Gasteiger partial charge in [-0.05, 0) is 41.5 Å². The van der Waals surface area contributed by atoms with E-state index in [1.807, 2.05) is 0 Å². The molecule has 0 aromatic heterocycles. The third-order valence-corrected chi connectivity index (χ3v) is 2.44. The van der Waals surface area contributed by atoms with Crippen molar-refractivity contribution in [1.29, 1.82) is 0 Å². The second kappa shape index (κ2) is 3.77. The standard InChI is InChI=1S/C9H21N2S/c1-8(2,3)10-12(7)11-9(4,5)6/h1-7H3/q-1. The van der Waals surface area contributed by atoms with Gasteiger partial charge in [0.15, 0.2) is 0 Å². The highest BCUT2D eigenvalue weighted by molar-refractivity contribution is 7.76. The maximum absolute atomic E-state index is 4.56. The zero-order valence-corrected chi connectivity index (χ0v) is 10.1. The summed E-state index contributed by atoms with van der Waals surface area (Å²) < 4.78 is 9.11. The minimum absolute atomic E-state index is 0.0343. The summed E-state index contributed by atoms with van der Waals surface area (Å²) in [4.78, 5) is 0. The number of rotatable bonds is 0. The van der Waals surface area contributed by atoms with E-state index in [0.29, 0.717) is 0 Å². The Hall–Kier alpha value is -0.0500. The van der Waals surface area contributed by atoms with E-state index >= 15 is 0 Å². The van der Waals surface area contributed by atoms with Crippen LogP contribution >= 0.6 is 0 Å². The Morgan fingerprint density at radius 2 is 1.00 bits per heavy atom. The van der Waals surface area contributed by atoms with Gasteiger partial charge in [0.25, 0.3) is 0 Å². The van der Waals surface area contributed by atoms with Crippen molar-refractivity contribution in [3.8, 4) is 0 Å². The minimum atomic E-state index is -0.159. The van der Waals surface area contributed by atoms with Crippen LogP contribution in [0.5, 0.6) is 0 Å². The van der Waals surface area contributed by atoms with Crippen LogP contribution in [-0.2, 0) is 10.5 Å². The first kappa shape index (κ1) is 11.9. The molecule has 0 saturated carbocycles.